The molecule has 0 N–H and O–H groups in total. The third-order valence-corrected chi connectivity index (χ3v) is 14.0. The first-order valence-corrected chi connectivity index (χ1v) is 23.6. The van der Waals surface area contributed by atoms with Crippen LogP contribution in [0.5, 0.6) is 0 Å². The molecule has 0 saturated heterocycles. The Morgan fingerprint density at radius 2 is 0.681 bits per heavy atom. The van der Waals surface area contributed by atoms with E-state index >= 15 is 0 Å². The normalized spacial score (nSPS) is 12.0. The van der Waals surface area contributed by atoms with Crippen molar-refractivity contribution in [2.75, 3.05) is 0 Å². The second-order valence-electron chi connectivity index (χ2n) is 17.9. The summed E-state index contributed by atoms with van der Waals surface area (Å²) in [6, 6.07) is 84.9. The molecule has 0 fully saturated rings. The Kier molecular flexibility index (Phi) is 8.89. The van der Waals surface area contributed by atoms with Gasteiger partial charge in [-0.05, 0) is 111 Å². The Labute approximate surface area is 398 Å². The number of aromatic nitrogens is 5. The molecule has 5 nitrogen and oxygen atoms in total. The number of benzene rings is 10. The van der Waals surface area contributed by atoms with Crippen LogP contribution in [0.1, 0.15) is 11.1 Å². The minimum atomic E-state index is 0.575. The van der Waals surface area contributed by atoms with Crippen LogP contribution < -0.4 is 0 Å². The largest absolute Gasteiger partial charge is 0.309 e. The average molecular weight is 880 g/mol. The Hall–Kier alpha value is -9.19. The van der Waals surface area contributed by atoms with Crippen molar-refractivity contribution in [3.8, 4) is 78.9 Å². The molecule has 10 aromatic carbocycles. The zero-order valence-corrected chi connectivity index (χ0v) is 37.5. The van der Waals surface area contributed by atoms with Gasteiger partial charge in [-0.2, -0.15) is 9.97 Å². The van der Waals surface area contributed by atoms with Crippen molar-refractivity contribution in [3.05, 3.63) is 248 Å². The summed E-state index contributed by atoms with van der Waals surface area (Å²) in [6.45, 7) is 0. The van der Waals surface area contributed by atoms with Crippen LogP contribution in [0.15, 0.2) is 237 Å². The average Bonchev–Trinajstić information content (AvgIpc) is 4.09. The van der Waals surface area contributed by atoms with E-state index in [0.29, 0.717) is 17.6 Å². The van der Waals surface area contributed by atoms with Crippen LogP contribution in [0, 0.1) is 0 Å². The summed E-state index contributed by atoms with van der Waals surface area (Å²) >= 11 is 0. The van der Waals surface area contributed by atoms with Gasteiger partial charge >= 0.3 is 0 Å². The fraction of sp³-hybridized carbons (Fsp3) is 0.0156. The van der Waals surface area contributed by atoms with Gasteiger partial charge in [-0.15, -0.1) is 0 Å². The van der Waals surface area contributed by atoms with Crippen LogP contribution in [-0.2, 0) is 6.42 Å². The van der Waals surface area contributed by atoms with E-state index in [1.807, 2.05) is 36.4 Å². The lowest BCUT2D eigenvalue weighted by molar-refractivity contribution is 0.953. The Balaban J connectivity index is 1.04. The van der Waals surface area contributed by atoms with Crippen molar-refractivity contribution in [3.63, 3.8) is 0 Å². The Morgan fingerprint density at radius 1 is 0.290 bits per heavy atom. The second kappa shape index (κ2) is 15.7. The fourth-order valence-corrected chi connectivity index (χ4v) is 11.0. The molecule has 0 radical (unpaired) electrons. The molecule has 1 aliphatic rings. The van der Waals surface area contributed by atoms with Gasteiger partial charge in [0.1, 0.15) is 0 Å². The highest BCUT2D eigenvalue weighted by Crippen LogP contribution is 2.50. The molecule has 3 aromatic heterocycles. The van der Waals surface area contributed by atoms with Gasteiger partial charge in [-0.3, -0.25) is 4.57 Å². The van der Waals surface area contributed by atoms with Crippen LogP contribution in [-0.4, -0.2) is 24.1 Å². The second-order valence-corrected chi connectivity index (χ2v) is 17.9. The molecule has 0 saturated carbocycles. The lowest BCUT2D eigenvalue weighted by Gasteiger charge is -2.16. The number of fused-ring (bicyclic) bond motifs is 10. The van der Waals surface area contributed by atoms with Gasteiger partial charge in [0.15, 0.2) is 11.6 Å². The van der Waals surface area contributed by atoms with E-state index < -0.39 is 0 Å². The molecule has 0 amide bonds. The fourth-order valence-electron chi connectivity index (χ4n) is 11.0. The maximum Gasteiger partial charge on any atom is 0.238 e. The van der Waals surface area contributed by atoms with Crippen molar-refractivity contribution in [1.29, 1.82) is 0 Å². The van der Waals surface area contributed by atoms with Gasteiger partial charge in [0, 0.05) is 38.4 Å². The molecule has 1 aliphatic carbocycles. The molecule has 0 spiro atoms. The van der Waals surface area contributed by atoms with E-state index in [-0.39, 0.29) is 0 Å². The van der Waals surface area contributed by atoms with E-state index in [1.165, 1.54) is 66.4 Å². The summed E-state index contributed by atoms with van der Waals surface area (Å²) in [6.07, 6.45) is 0.844. The quantitative estimate of drug-likeness (QED) is 0.160. The van der Waals surface area contributed by atoms with Gasteiger partial charge in [-0.25, -0.2) is 4.98 Å². The highest BCUT2D eigenvalue weighted by atomic mass is 15.2. The summed E-state index contributed by atoms with van der Waals surface area (Å²) in [5.41, 5.74) is 20.0. The molecule has 13 aromatic rings. The number of rotatable bonds is 7. The third-order valence-electron chi connectivity index (χ3n) is 14.0. The van der Waals surface area contributed by atoms with E-state index in [2.05, 4.69) is 209 Å². The standard InChI is InChI=1S/C64H41N5/c1-6-20-41(21-7-1)46-36-50(42-22-8-2-9-23-42)54-40-55-51(43-24-10-3-11-25-43)38-47(39-53(55)52(54)37-46)68-56-32-18-16-30-48(56)60-58(68)34-35-59-61(60)49-31-17-19-33-57(49)69(59)64-66-62(44-26-12-4-13-27-44)65-63(67-64)45-28-14-5-15-29-45/h1-39H,40H2. The van der Waals surface area contributed by atoms with Gasteiger partial charge in [0.2, 0.25) is 5.95 Å². The van der Waals surface area contributed by atoms with Gasteiger partial charge in [0.05, 0.1) is 22.1 Å². The zero-order valence-electron chi connectivity index (χ0n) is 37.5. The van der Waals surface area contributed by atoms with Crippen LogP contribution in [0.3, 0.4) is 0 Å². The predicted octanol–water partition coefficient (Wildman–Crippen LogP) is 16.0. The molecule has 0 atom stereocenters. The summed E-state index contributed by atoms with van der Waals surface area (Å²) in [4.78, 5) is 15.5. The molecule has 0 aliphatic heterocycles. The topological polar surface area (TPSA) is 48.5 Å². The highest BCUT2D eigenvalue weighted by molar-refractivity contribution is 6.29. The molecule has 0 unspecified atom stereocenters. The summed E-state index contributed by atoms with van der Waals surface area (Å²) in [7, 11) is 0. The van der Waals surface area contributed by atoms with Crippen LogP contribution in [0.4, 0.5) is 0 Å². The van der Waals surface area contributed by atoms with E-state index in [9.17, 15) is 0 Å². The van der Waals surface area contributed by atoms with Crippen LogP contribution in [0.25, 0.3) is 123 Å². The maximum atomic E-state index is 5.24. The minimum Gasteiger partial charge on any atom is -0.309 e. The Morgan fingerprint density at radius 3 is 1.22 bits per heavy atom. The smallest absolute Gasteiger partial charge is 0.238 e. The first kappa shape index (κ1) is 39.0. The molecular weight excluding hydrogens is 839 g/mol. The van der Waals surface area contributed by atoms with Crippen LogP contribution >= 0.6 is 0 Å². The molecular formula is C64H41N5. The van der Waals surface area contributed by atoms with E-state index in [1.54, 1.807) is 0 Å². The van der Waals surface area contributed by atoms with Gasteiger partial charge < -0.3 is 4.57 Å². The van der Waals surface area contributed by atoms with Gasteiger partial charge in [0.25, 0.3) is 0 Å². The number of nitrogens with zero attached hydrogens (tertiary/aromatic N) is 5. The molecule has 5 heteroatoms. The predicted molar refractivity (Wildman–Crippen MR) is 284 cm³/mol. The SMILES string of the molecule is c1ccc(-c2cc(-c3ccccc3)c3c(c2)-c2cc(-n4c5ccccc5c5c6c7ccccc7n(-c7nc(-c8ccccc8)nc(-c8ccccc8)n7)c6ccc54)cc(-c4ccccc4)c2C3)cc1. The minimum absolute atomic E-state index is 0.575. The molecule has 3 heterocycles. The van der Waals surface area contributed by atoms with Crippen molar-refractivity contribution in [2.24, 2.45) is 0 Å². The van der Waals surface area contributed by atoms with Crippen molar-refractivity contribution in [2.45, 2.75) is 6.42 Å². The van der Waals surface area contributed by atoms with E-state index in [4.69, 9.17) is 15.0 Å². The number of hydrogen-bond acceptors (Lipinski definition) is 3. The number of hydrogen-bond donors (Lipinski definition) is 0. The molecule has 0 bridgehead atoms. The van der Waals surface area contributed by atoms with Crippen molar-refractivity contribution >= 4 is 43.6 Å². The summed E-state index contributed by atoms with van der Waals surface area (Å²) < 4.78 is 4.72. The summed E-state index contributed by atoms with van der Waals surface area (Å²) in [5, 5.41) is 4.68. The van der Waals surface area contributed by atoms with E-state index in [0.717, 1.165) is 56.1 Å². The van der Waals surface area contributed by atoms with Crippen LogP contribution in [0.2, 0.25) is 0 Å². The first-order valence-electron chi connectivity index (χ1n) is 23.6. The maximum absolute atomic E-state index is 5.24. The van der Waals surface area contributed by atoms with Crippen molar-refractivity contribution in [1.82, 2.24) is 24.1 Å². The van der Waals surface area contributed by atoms with Gasteiger partial charge in [-0.1, -0.05) is 188 Å². The molecule has 14 rings (SSSR count). The highest BCUT2D eigenvalue weighted by Gasteiger charge is 2.29. The summed E-state index contributed by atoms with van der Waals surface area (Å²) in [5.74, 6) is 1.83. The Bertz CT molecular complexity index is 4060. The monoisotopic (exact) mass is 879 g/mol. The lowest BCUT2D eigenvalue weighted by Crippen LogP contribution is -2.06. The molecule has 69 heavy (non-hydrogen) atoms. The third kappa shape index (κ3) is 6.28. The number of para-hydroxylation sites is 2. The molecule has 322 valence electrons. The first-order chi connectivity index (χ1) is 34.2. The van der Waals surface area contributed by atoms with Crippen molar-refractivity contribution < 1.29 is 0 Å². The lowest BCUT2D eigenvalue weighted by atomic mass is 9.91. The zero-order chi connectivity index (χ0) is 45.4.